The highest BCUT2D eigenvalue weighted by Gasteiger charge is 2.38. The van der Waals surface area contributed by atoms with Gasteiger partial charge in [0, 0.05) is 5.69 Å². The Morgan fingerprint density at radius 2 is 1.71 bits per heavy atom. The summed E-state index contributed by atoms with van der Waals surface area (Å²) >= 11 is 0. The molecule has 0 heterocycles. The van der Waals surface area contributed by atoms with E-state index in [1.54, 1.807) is 18.2 Å². The molecule has 4 nitrogen and oxygen atoms in total. The smallest absolute Gasteiger partial charge is 0.250 e. The van der Waals surface area contributed by atoms with Gasteiger partial charge in [0.1, 0.15) is 5.75 Å². The van der Waals surface area contributed by atoms with Crippen molar-refractivity contribution in [3.8, 4) is 11.8 Å². The lowest BCUT2D eigenvalue weighted by atomic mass is 10.2. The van der Waals surface area contributed by atoms with Gasteiger partial charge in [-0.1, -0.05) is 20.8 Å². The van der Waals surface area contributed by atoms with Crippen LogP contribution >= 0.6 is 0 Å². The molecule has 2 rings (SSSR count). The summed E-state index contributed by atoms with van der Waals surface area (Å²) in [6.07, 6.45) is 0. The molecule has 3 N–H and O–H groups in total. The molecule has 0 aliphatic rings. The second-order valence-electron chi connectivity index (χ2n) is 7.43. The first kappa shape index (κ1) is 17.9. The van der Waals surface area contributed by atoms with Crippen LogP contribution in [-0.2, 0) is 0 Å². The lowest BCUT2D eigenvalue weighted by molar-refractivity contribution is 0.492. The van der Waals surface area contributed by atoms with E-state index in [1.807, 2.05) is 24.3 Å². The Morgan fingerprint density at radius 1 is 1.08 bits per heavy atom. The van der Waals surface area contributed by atoms with Gasteiger partial charge in [-0.2, -0.15) is 5.26 Å². The van der Waals surface area contributed by atoms with Gasteiger partial charge < -0.3 is 15.5 Å². The number of benzene rings is 2. The Bertz CT molecular complexity index is 756. The van der Waals surface area contributed by atoms with Gasteiger partial charge in [-0.05, 0) is 60.6 Å². The number of anilines is 3. The highest BCUT2D eigenvalue weighted by atomic mass is 28.4. The molecule has 0 aliphatic carbocycles. The molecule has 5 heteroatoms. The molecule has 0 bridgehead atoms. The van der Waals surface area contributed by atoms with Gasteiger partial charge in [-0.15, -0.1) is 0 Å². The van der Waals surface area contributed by atoms with Gasteiger partial charge in [-0.3, -0.25) is 0 Å². The van der Waals surface area contributed by atoms with E-state index in [-0.39, 0.29) is 5.04 Å². The molecule has 0 fully saturated rings. The molecule has 0 aromatic heterocycles. The molecule has 126 valence electrons. The maximum atomic E-state index is 9.00. The third-order valence-electron chi connectivity index (χ3n) is 4.49. The molecule has 0 unspecified atom stereocenters. The zero-order valence-electron chi connectivity index (χ0n) is 15.0. The highest BCUT2D eigenvalue weighted by molar-refractivity contribution is 6.74. The fraction of sp³-hybridized carbons (Fsp3) is 0.316. The van der Waals surface area contributed by atoms with Crippen LogP contribution < -0.4 is 15.5 Å². The standard InChI is InChI=1S/C19H25N3OSi/c1-19(2,3)24(4,5)23-16-9-7-15(8-10-16)22-18-12-14(13-20)6-11-17(18)21/h6-12,22H,21H2,1-5H3. The van der Waals surface area contributed by atoms with Crippen LogP contribution in [0.4, 0.5) is 17.1 Å². The predicted octanol–water partition coefficient (Wildman–Crippen LogP) is 5.27. The van der Waals surface area contributed by atoms with Crippen molar-refractivity contribution in [2.45, 2.75) is 38.9 Å². The molecule has 0 aliphatic heterocycles. The molecule has 2 aromatic carbocycles. The van der Waals surface area contributed by atoms with Crippen LogP contribution in [0, 0.1) is 11.3 Å². The summed E-state index contributed by atoms with van der Waals surface area (Å²) in [5, 5.41) is 12.4. The van der Waals surface area contributed by atoms with Crippen LogP contribution in [0.15, 0.2) is 42.5 Å². The van der Waals surface area contributed by atoms with Crippen molar-refractivity contribution >= 4 is 25.4 Å². The van der Waals surface area contributed by atoms with Crippen molar-refractivity contribution in [3.63, 3.8) is 0 Å². The maximum absolute atomic E-state index is 9.00. The second kappa shape index (κ2) is 6.58. The quantitative estimate of drug-likeness (QED) is 0.588. The molecule has 24 heavy (non-hydrogen) atoms. The first-order valence-corrected chi connectivity index (χ1v) is 10.9. The van der Waals surface area contributed by atoms with Crippen LogP contribution in [0.2, 0.25) is 18.1 Å². The summed E-state index contributed by atoms with van der Waals surface area (Å²) < 4.78 is 6.28. The highest BCUT2D eigenvalue weighted by Crippen LogP contribution is 2.37. The first-order valence-electron chi connectivity index (χ1n) is 7.98. The Labute approximate surface area is 145 Å². The molecular formula is C19H25N3OSi. The largest absolute Gasteiger partial charge is 0.544 e. The average Bonchev–Trinajstić information content (AvgIpc) is 2.50. The molecular weight excluding hydrogens is 314 g/mol. The lowest BCUT2D eigenvalue weighted by Crippen LogP contribution is -2.43. The van der Waals surface area contributed by atoms with Gasteiger partial charge in [-0.25, -0.2) is 0 Å². The number of nitrogens with one attached hydrogen (secondary N) is 1. The van der Waals surface area contributed by atoms with E-state index in [2.05, 4.69) is 45.3 Å². The van der Waals surface area contributed by atoms with Gasteiger partial charge in [0.2, 0.25) is 8.32 Å². The van der Waals surface area contributed by atoms with Crippen LogP contribution in [0.5, 0.6) is 5.75 Å². The maximum Gasteiger partial charge on any atom is 0.250 e. The van der Waals surface area contributed by atoms with E-state index >= 15 is 0 Å². The summed E-state index contributed by atoms with van der Waals surface area (Å²) in [6.45, 7) is 11.1. The first-order chi connectivity index (χ1) is 11.1. The Morgan fingerprint density at radius 3 is 2.25 bits per heavy atom. The van der Waals surface area contributed by atoms with Gasteiger partial charge in [0.05, 0.1) is 23.0 Å². The summed E-state index contributed by atoms with van der Waals surface area (Å²) in [5.74, 6) is 0.880. The van der Waals surface area contributed by atoms with E-state index in [1.165, 1.54) is 0 Å². The van der Waals surface area contributed by atoms with E-state index in [4.69, 9.17) is 15.4 Å². The monoisotopic (exact) mass is 339 g/mol. The number of nitrogens with two attached hydrogens (primary N) is 1. The minimum atomic E-state index is -1.84. The summed E-state index contributed by atoms with van der Waals surface area (Å²) in [7, 11) is -1.84. The number of hydrogen-bond acceptors (Lipinski definition) is 4. The number of nitriles is 1. The molecule has 0 saturated heterocycles. The van der Waals surface area contributed by atoms with Crippen molar-refractivity contribution in [2.75, 3.05) is 11.1 Å². The number of nitrogen functional groups attached to an aromatic ring is 1. The summed E-state index contributed by atoms with van der Waals surface area (Å²) in [5.41, 5.74) is 8.77. The fourth-order valence-electron chi connectivity index (χ4n) is 1.94. The van der Waals surface area contributed by atoms with Gasteiger partial charge in [0.15, 0.2) is 0 Å². The number of nitrogens with zero attached hydrogens (tertiary/aromatic N) is 1. The zero-order chi connectivity index (χ0) is 18.0. The van der Waals surface area contributed by atoms with Gasteiger partial charge >= 0.3 is 0 Å². The topological polar surface area (TPSA) is 71.1 Å². The van der Waals surface area contributed by atoms with Crippen molar-refractivity contribution in [1.29, 1.82) is 5.26 Å². The average molecular weight is 340 g/mol. The van der Waals surface area contributed by atoms with Crippen LogP contribution in [-0.4, -0.2) is 8.32 Å². The minimum Gasteiger partial charge on any atom is -0.544 e. The Hall–Kier alpha value is -2.45. The third-order valence-corrected chi connectivity index (χ3v) is 8.85. The van der Waals surface area contributed by atoms with E-state index < -0.39 is 8.32 Å². The fourth-order valence-corrected chi connectivity index (χ4v) is 2.98. The van der Waals surface area contributed by atoms with E-state index in [9.17, 15) is 0 Å². The molecule has 2 aromatic rings. The van der Waals surface area contributed by atoms with Crippen molar-refractivity contribution in [3.05, 3.63) is 48.0 Å². The second-order valence-corrected chi connectivity index (χ2v) is 12.2. The van der Waals surface area contributed by atoms with Crippen LogP contribution in [0.3, 0.4) is 0 Å². The molecule has 0 spiro atoms. The third kappa shape index (κ3) is 4.09. The molecule has 0 radical (unpaired) electrons. The minimum absolute atomic E-state index is 0.163. The lowest BCUT2D eigenvalue weighted by Gasteiger charge is -2.36. The summed E-state index contributed by atoms with van der Waals surface area (Å²) in [6, 6.07) is 15.2. The van der Waals surface area contributed by atoms with Gasteiger partial charge in [0.25, 0.3) is 0 Å². The van der Waals surface area contributed by atoms with E-state index in [0.29, 0.717) is 11.3 Å². The summed E-state index contributed by atoms with van der Waals surface area (Å²) in [4.78, 5) is 0. The zero-order valence-corrected chi connectivity index (χ0v) is 16.0. The normalized spacial score (nSPS) is 11.7. The SMILES string of the molecule is CC(C)(C)[Si](C)(C)Oc1ccc(Nc2cc(C#N)ccc2N)cc1. The predicted molar refractivity (Wildman–Crippen MR) is 103 cm³/mol. The van der Waals surface area contributed by atoms with Crippen molar-refractivity contribution in [2.24, 2.45) is 0 Å². The Balaban J connectivity index is 2.15. The van der Waals surface area contributed by atoms with Crippen LogP contribution in [0.25, 0.3) is 0 Å². The van der Waals surface area contributed by atoms with E-state index in [0.717, 1.165) is 17.1 Å². The van der Waals surface area contributed by atoms with Crippen molar-refractivity contribution in [1.82, 2.24) is 0 Å². The molecule has 0 amide bonds. The molecule has 0 atom stereocenters. The Kier molecular flexibility index (Phi) is 4.90. The number of rotatable bonds is 4. The molecule has 0 saturated carbocycles. The van der Waals surface area contributed by atoms with Crippen molar-refractivity contribution < 1.29 is 4.43 Å². The van der Waals surface area contributed by atoms with Crippen LogP contribution in [0.1, 0.15) is 26.3 Å². The number of hydrogen-bond donors (Lipinski definition) is 2.